The predicted octanol–water partition coefficient (Wildman–Crippen LogP) is 3.64. The van der Waals surface area contributed by atoms with E-state index in [1.807, 2.05) is 0 Å². The van der Waals surface area contributed by atoms with Crippen molar-refractivity contribution >= 4 is 53.2 Å². The smallest absolute Gasteiger partial charge is 0.298 e. The van der Waals surface area contributed by atoms with Crippen LogP contribution in [0.2, 0.25) is 0 Å². The van der Waals surface area contributed by atoms with Gasteiger partial charge in [0, 0.05) is 10.8 Å². The van der Waals surface area contributed by atoms with Crippen LogP contribution in [0.3, 0.4) is 0 Å². The first kappa shape index (κ1) is 20.9. The second-order valence-electron chi connectivity index (χ2n) is 6.71. The zero-order valence-corrected chi connectivity index (χ0v) is 17.1. The highest BCUT2D eigenvalue weighted by molar-refractivity contribution is 7.86. The minimum absolute atomic E-state index is 0.196. The van der Waals surface area contributed by atoms with Crippen LogP contribution in [0.15, 0.2) is 70.5 Å². The number of aromatic hydroxyl groups is 2. The summed E-state index contributed by atoms with van der Waals surface area (Å²) in [5.74, 6) is -1.66. The van der Waals surface area contributed by atoms with E-state index in [4.69, 9.17) is 0 Å². The van der Waals surface area contributed by atoms with Crippen LogP contribution in [-0.2, 0) is 20.2 Å². The van der Waals surface area contributed by atoms with Crippen LogP contribution in [0.4, 0.5) is 11.4 Å². The number of phenolic OH excluding ortho intramolecular Hbond substituents is 2. The molecule has 4 aromatic rings. The van der Waals surface area contributed by atoms with E-state index in [-0.39, 0.29) is 11.4 Å². The normalized spacial score (nSPS) is 12.3. The Hall–Kier alpha value is -3.38. The fourth-order valence-corrected chi connectivity index (χ4v) is 4.64. The second-order valence-corrected chi connectivity index (χ2v) is 9.49. The Morgan fingerprint density at radius 3 is 1.32 bits per heavy atom. The van der Waals surface area contributed by atoms with Crippen molar-refractivity contribution < 1.29 is 36.2 Å². The second kappa shape index (κ2) is 7.10. The number of phenols is 2. The first-order chi connectivity index (χ1) is 14.5. The molecule has 9 nitrogen and oxygen atoms in total. The molecule has 4 rings (SSSR count). The Morgan fingerprint density at radius 1 is 0.613 bits per heavy atom. The standard InChI is InChI=1S/C20H15NO8S2/c22-19-15(30(24,25)26)9-11-5-1-3-7-13(11)17(19)21-18-14-8-4-2-6-12(14)10-16(20(18)23)31(27,28)29/h1-10,21-23H,(H,24,25,26)(H,27,28,29). The maximum Gasteiger partial charge on any atom is 0.298 e. The first-order valence-corrected chi connectivity index (χ1v) is 11.6. The molecule has 0 radical (unpaired) electrons. The van der Waals surface area contributed by atoms with E-state index in [2.05, 4.69) is 5.32 Å². The van der Waals surface area contributed by atoms with Gasteiger partial charge in [0.1, 0.15) is 9.79 Å². The molecule has 11 heteroatoms. The molecule has 0 amide bonds. The van der Waals surface area contributed by atoms with Crippen LogP contribution in [0.5, 0.6) is 11.5 Å². The molecular formula is C20H15NO8S2. The maximum absolute atomic E-state index is 11.8. The molecule has 0 aromatic heterocycles. The van der Waals surface area contributed by atoms with Gasteiger partial charge in [-0.3, -0.25) is 9.11 Å². The molecule has 0 spiro atoms. The molecule has 0 bridgehead atoms. The third-order valence-electron chi connectivity index (χ3n) is 4.78. The van der Waals surface area contributed by atoms with Crippen molar-refractivity contribution in [3.63, 3.8) is 0 Å². The summed E-state index contributed by atoms with van der Waals surface area (Å²) in [6.45, 7) is 0. The zero-order chi connectivity index (χ0) is 22.6. The van der Waals surface area contributed by atoms with Crippen molar-refractivity contribution in [1.29, 1.82) is 0 Å². The van der Waals surface area contributed by atoms with Gasteiger partial charge in [-0.25, -0.2) is 0 Å². The molecule has 0 saturated heterocycles. The van der Waals surface area contributed by atoms with E-state index >= 15 is 0 Å². The lowest BCUT2D eigenvalue weighted by Gasteiger charge is -2.18. The summed E-state index contributed by atoms with van der Waals surface area (Å²) in [5, 5.41) is 25.3. The molecule has 0 fully saturated rings. The molecule has 0 aliphatic heterocycles. The van der Waals surface area contributed by atoms with Crippen LogP contribution in [-0.4, -0.2) is 36.2 Å². The third-order valence-corrected chi connectivity index (χ3v) is 6.51. The number of fused-ring (bicyclic) bond motifs is 2. The van der Waals surface area contributed by atoms with Crippen molar-refractivity contribution in [2.24, 2.45) is 0 Å². The van der Waals surface area contributed by atoms with Crippen molar-refractivity contribution in [3.8, 4) is 11.5 Å². The molecule has 4 aromatic carbocycles. The Morgan fingerprint density at radius 2 is 0.968 bits per heavy atom. The summed E-state index contributed by atoms with van der Waals surface area (Å²) in [7, 11) is -9.62. The number of rotatable bonds is 4. The van der Waals surface area contributed by atoms with Gasteiger partial charge in [-0.05, 0) is 22.9 Å². The van der Waals surface area contributed by atoms with Crippen molar-refractivity contribution in [2.75, 3.05) is 5.32 Å². The predicted molar refractivity (Wildman–Crippen MR) is 114 cm³/mol. The van der Waals surface area contributed by atoms with E-state index in [0.717, 1.165) is 12.1 Å². The third kappa shape index (κ3) is 3.64. The summed E-state index contributed by atoms with van der Waals surface area (Å²) in [6, 6.07) is 14.8. The number of benzene rings is 4. The largest absolute Gasteiger partial charge is 0.504 e. The molecule has 0 unspecified atom stereocenters. The van der Waals surface area contributed by atoms with E-state index in [1.165, 1.54) is 0 Å². The van der Waals surface area contributed by atoms with Gasteiger partial charge in [0.15, 0.2) is 11.5 Å². The molecule has 31 heavy (non-hydrogen) atoms. The van der Waals surface area contributed by atoms with Gasteiger partial charge in [0.05, 0.1) is 11.4 Å². The van der Waals surface area contributed by atoms with Gasteiger partial charge < -0.3 is 15.5 Å². The van der Waals surface area contributed by atoms with Crippen LogP contribution < -0.4 is 5.32 Å². The minimum atomic E-state index is -4.81. The summed E-state index contributed by atoms with van der Waals surface area (Å²) in [5.41, 5.74) is -0.391. The Labute approximate surface area is 176 Å². The SMILES string of the molecule is O=S(=O)(O)c1cc2ccccc2c(Nc2c(O)c(S(=O)(=O)O)cc3ccccc23)c1O. The highest BCUT2D eigenvalue weighted by Gasteiger charge is 2.25. The van der Waals surface area contributed by atoms with E-state index < -0.39 is 41.5 Å². The number of nitrogens with one attached hydrogen (secondary N) is 1. The molecule has 0 saturated carbocycles. The highest BCUT2D eigenvalue weighted by atomic mass is 32.2. The molecule has 160 valence electrons. The lowest BCUT2D eigenvalue weighted by molar-refractivity contribution is 0.445. The Bertz CT molecular complexity index is 1460. The molecule has 5 N–H and O–H groups in total. The van der Waals surface area contributed by atoms with Gasteiger partial charge in [-0.2, -0.15) is 16.8 Å². The van der Waals surface area contributed by atoms with E-state index in [9.17, 15) is 36.2 Å². The van der Waals surface area contributed by atoms with Gasteiger partial charge in [0.2, 0.25) is 0 Å². The van der Waals surface area contributed by atoms with E-state index in [1.54, 1.807) is 48.5 Å². The molecule has 0 aliphatic rings. The van der Waals surface area contributed by atoms with Crippen LogP contribution in [0.1, 0.15) is 0 Å². The maximum atomic E-state index is 11.8. The van der Waals surface area contributed by atoms with Crippen LogP contribution in [0, 0.1) is 0 Å². The fourth-order valence-electron chi connectivity index (χ4n) is 3.39. The fraction of sp³-hybridized carbons (Fsp3) is 0. The average Bonchev–Trinajstić information content (AvgIpc) is 2.69. The number of hydrogen-bond acceptors (Lipinski definition) is 7. The zero-order valence-electron chi connectivity index (χ0n) is 15.5. The number of anilines is 2. The monoisotopic (exact) mass is 461 g/mol. The van der Waals surface area contributed by atoms with Crippen LogP contribution in [0.25, 0.3) is 21.5 Å². The Balaban J connectivity index is 2.10. The number of hydrogen-bond donors (Lipinski definition) is 5. The molecule has 0 atom stereocenters. The minimum Gasteiger partial charge on any atom is -0.504 e. The average molecular weight is 461 g/mol. The van der Waals surface area contributed by atoms with E-state index in [0.29, 0.717) is 21.5 Å². The molecule has 0 heterocycles. The quantitative estimate of drug-likeness (QED) is 0.226. The first-order valence-electron chi connectivity index (χ1n) is 8.70. The Kier molecular flexibility index (Phi) is 4.78. The van der Waals surface area contributed by atoms with Crippen LogP contribution >= 0.6 is 0 Å². The van der Waals surface area contributed by atoms with Crippen molar-refractivity contribution in [1.82, 2.24) is 0 Å². The highest BCUT2D eigenvalue weighted by Crippen LogP contribution is 2.45. The summed E-state index contributed by atoms with van der Waals surface area (Å²) in [4.78, 5) is -1.55. The van der Waals surface area contributed by atoms with Gasteiger partial charge in [-0.1, -0.05) is 48.5 Å². The summed E-state index contributed by atoms with van der Waals surface area (Å²) in [6.07, 6.45) is 0. The van der Waals surface area contributed by atoms with Gasteiger partial charge in [0.25, 0.3) is 20.2 Å². The van der Waals surface area contributed by atoms with Gasteiger partial charge in [-0.15, -0.1) is 0 Å². The summed E-state index contributed by atoms with van der Waals surface area (Å²) >= 11 is 0. The summed E-state index contributed by atoms with van der Waals surface area (Å²) < 4.78 is 66.1. The van der Waals surface area contributed by atoms with Crippen molar-refractivity contribution in [3.05, 3.63) is 60.7 Å². The lowest BCUT2D eigenvalue weighted by atomic mass is 10.1. The molecule has 0 aliphatic carbocycles. The topological polar surface area (TPSA) is 161 Å². The molecular weight excluding hydrogens is 446 g/mol. The van der Waals surface area contributed by atoms with Crippen molar-refractivity contribution in [2.45, 2.75) is 9.79 Å². The lowest BCUT2D eigenvalue weighted by Crippen LogP contribution is -2.04. The van der Waals surface area contributed by atoms with Gasteiger partial charge >= 0.3 is 0 Å².